The molecule has 0 radical (unpaired) electrons. The van der Waals surface area contributed by atoms with E-state index in [2.05, 4.69) is 52.9 Å². The standard InChI is InChI=1S/C16H16INOS/c17-15-6-5-12(13-3-1-2-4-14(13)15)11-16(19)18-7-9-20-10-8-18/h1-6H,7-11H2. The summed E-state index contributed by atoms with van der Waals surface area (Å²) in [7, 11) is 0. The summed E-state index contributed by atoms with van der Waals surface area (Å²) in [5, 5.41) is 2.45. The highest BCUT2D eigenvalue weighted by molar-refractivity contribution is 14.1. The average molecular weight is 397 g/mol. The third-order valence-corrected chi connectivity index (χ3v) is 5.55. The number of nitrogens with zero attached hydrogens (tertiary/aromatic N) is 1. The van der Waals surface area contributed by atoms with Crippen molar-refractivity contribution in [2.24, 2.45) is 0 Å². The molecule has 0 N–H and O–H groups in total. The zero-order valence-electron chi connectivity index (χ0n) is 11.1. The maximum Gasteiger partial charge on any atom is 0.227 e. The van der Waals surface area contributed by atoms with E-state index in [9.17, 15) is 4.79 Å². The normalized spacial score (nSPS) is 15.6. The van der Waals surface area contributed by atoms with Crippen LogP contribution in [0.5, 0.6) is 0 Å². The highest BCUT2D eigenvalue weighted by Crippen LogP contribution is 2.25. The molecule has 0 spiro atoms. The Kier molecular flexibility index (Phi) is 4.51. The average Bonchev–Trinajstić information content (AvgIpc) is 2.51. The lowest BCUT2D eigenvalue weighted by Gasteiger charge is -2.26. The second-order valence-corrected chi connectivity index (χ2v) is 7.31. The zero-order chi connectivity index (χ0) is 13.9. The van der Waals surface area contributed by atoms with Crippen LogP contribution in [0.25, 0.3) is 10.8 Å². The molecule has 2 aromatic carbocycles. The van der Waals surface area contributed by atoms with Gasteiger partial charge in [-0.05, 0) is 45.0 Å². The minimum absolute atomic E-state index is 0.261. The van der Waals surface area contributed by atoms with Crippen LogP contribution in [0.2, 0.25) is 0 Å². The van der Waals surface area contributed by atoms with Crippen molar-refractivity contribution in [1.29, 1.82) is 0 Å². The van der Waals surface area contributed by atoms with Gasteiger partial charge in [0.1, 0.15) is 0 Å². The Morgan fingerprint density at radius 1 is 1.10 bits per heavy atom. The number of fused-ring (bicyclic) bond motifs is 1. The Morgan fingerprint density at radius 2 is 1.80 bits per heavy atom. The van der Waals surface area contributed by atoms with Crippen molar-refractivity contribution in [3.8, 4) is 0 Å². The van der Waals surface area contributed by atoms with E-state index < -0.39 is 0 Å². The molecular formula is C16H16INOS. The van der Waals surface area contributed by atoms with Crippen molar-refractivity contribution < 1.29 is 4.79 Å². The molecule has 2 aromatic rings. The Balaban J connectivity index is 1.87. The smallest absolute Gasteiger partial charge is 0.227 e. The first-order valence-electron chi connectivity index (χ1n) is 6.77. The van der Waals surface area contributed by atoms with Gasteiger partial charge in [-0.25, -0.2) is 0 Å². The number of amides is 1. The second-order valence-electron chi connectivity index (χ2n) is 4.92. The monoisotopic (exact) mass is 397 g/mol. The van der Waals surface area contributed by atoms with Crippen molar-refractivity contribution in [2.45, 2.75) is 6.42 Å². The van der Waals surface area contributed by atoms with Gasteiger partial charge in [0.05, 0.1) is 6.42 Å². The molecule has 2 nitrogen and oxygen atoms in total. The largest absolute Gasteiger partial charge is 0.341 e. The van der Waals surface area contributed by atoms with Crippen LogP contribution in [0.4, 0.5) is 0 Å². The van der Waals surface area contributed by atoms with Gasteiger partial charge in [-0.15, -0.1) is 0 Å². The molecule has 0 unspecified atom stereocenters. The fourth-order valence-electron chi connectivity index (χ4n) is 2.57. The molecule has 0 atom stereocenters. The van der Waals surface area contributed by atoms with Crippen molar-refractivity contribution in [3.05, 3.63) is 45.5 Å². The van der Waals surface area contributed by atoms with Crippen LogP contribution in [0.1, 0.15) is 5.56 Å². The number of benzene rings is 2. The first-order valence-corrected chi connectivity index (χ1v) is 9.01. The topological polar surface area (TPSA) is 20.3 Å². The lowest BCUT2D eigenvalue weighted by molar-refractivity contribution is -0.130. The van der Waals surface area contributed by atoms with Gasteiger partial charge < -0.3 is 4.90 Å². The molecule has 0 bridgehead atoms. The molecule has 1 aliphatic heterocycles. The van der Waals surface area contributed by atoms with Gasteiger partial charge in [-0.2, -0.15) is 11.8 Å². The van der Waals surface area contributed by atoms with Crippen LogP contribution in [0.15, 0.2) is 36.4 Å². The first kappa shape index (κ1) is 14.2. The van der Waals surface area contributed by atoms with Gasteiger partial charge >= 0.3 is 0 Å². The number of carbonyl (C=O) groups is 1. The molecule has 1 aliphatic rings. The second kappa shape index (κ2) is 6.35. The van der Waals surface area contributed by atoms with Crippen molar-refractivity contribution in [3.63, 3.8) is 0 Å². The number of halogens is 1. The predicted octanol–water partition coefficient (Wildman–Crippen LogP) is 3.56. The summed E-state index contributed by atoms with van der Waals surface area (Å²) in [6, 6.07) is 12.6. The van der Waals surface area contributed by atoms with Crippen LogP contribution < -0.4 is 0 Å². The van der Waals surface area contributed by atoms with Crippen LogP contribution >= 0.6 is 34.4 Å². The minimum Gasteiger partial charge on any atom is -0.341 e. The summed E-state index contributed by atoms with van der Waals surface area (Å²) in [4.78, 5) is 14.4. The Labute approximate surface area is 137 Å². The molecule has 4 heteroatoms. The molecule has 1 fully saturated rings. The Bertz CT molecular complexity index is 637. The van der Waals surface area contributed by atoms with Crippen LogP contribution in [0.3, 0.4) is 0 Å². The molecule has 1 amide bonds. The van der Waals surface area contributed by atoms with Crippen LogP contribution in [0, 0.1) is 3.57 Å². The van der Waals surface area contributed by atoms with Crippen LogP contribution in [-0.2, 0) is 11.2 Å². The SMILES string of the molecule is O=C(Cc1ccc(I)c2ccccc12)N1CCSCC1. The molecule has 20 heavy (non-hydrogen) atoms. The summed E-state index contributed by atoms with van der Waals surface area (Å²) in [5.41, 5.74) is 1.14. The number of rotatable bonds is 2. The number of thioether (sulfide) groups is 1. The van der Waals surface area contributed by atoms with Gasteiger partial charge in [0.25, 0.3) is 0 Å². The third kappa shape index (κ3) is 2.96. The summed E-state index contributed by atoms with van der Waals surface area (Å²) < 4.78 is 1.24. The molecule has 0 aromatic heterocycles. The summed E-state index contributed by atoms with van der Waals surface area (Å²) >= 11 is 4.29. The Morgan fingerprint density at radius 3 is 2.55 bits per heavy atom. The minimum atomic E-state index is 0.261. The van der Waals surface area contributed by atoms with E-state index in [1.54, 1.807) is 0 Å². The third-order valence-electron chi connectivity index (χ3n) is 3.67. The number of hydrogen-bond donors (Lipinski definition) is 0. The quantitative estimate of drug-likeness (QED) is 0.723. The number of hydrogen-bond acceptors (Lipinski definition) is 2. The molecule has 104 valence electrons. The number of carbonyl (C=O) groups excluding carboxylic acids is 1. The molecule has 0 saturated carbocycles. The summed E-state index contributed by atoms with van der Waals surface area (Å²) in [6.45, 7) is 1.79. The maximum absolute atomic E-state index is 12.4. The van der Waals surface area contributed by atoms with E-state index >= 15 is 0 Å². The van der Waals surface area contributed by atoms with Crippen molar-refractivity contribution in [1.82, 2.24) is 4.90 Å². The maximum atomic E-state index is 12.4. The summed E-state index contributed by atoms with van der Waals surface area (Å²) in [6.07, 6.45) is 0.516. The van der Waals surface area contributed by atoms with E-state index in [1.807, 2.05) is 22.7 Å². The van der Waals surface area contributed by atoms with E-state index in [0.29, 0.717) is 6.42 Å². The van der Waals surface area contributed by atoms with Gasteiger partial charge in [0.2, 0.25) is 5.91 Å². The lowest BCUT2D eigenvalue weighted by Crippen LogP contribution is -2.38. The first-order chi connectivity index (χ1) is 9.75. The highest BCUT2D eigenvalue weighted by atomic mass is 127. The van der Waals surface area contributed by atoms with Gasteiger partial charge in [0, 0.05) is 28.2 Å². The van der Waals surface area contributed by atoms with E-state index in [0.717, 1.165) is 30.2 Å². The van der Waals surface area contributed by atoms with Gasteiger partial charge in [-0.1, -0.05) is 30.3 Å². The molecule has 0 aliphatic carbocycles. The van der Waals surface area contributed by atoms with E-state index in [1.165, 1.54) is 14.3 Å². The molecule has 1 heterocycles. The lowest BCUT2D eigenvalue weighted by atomic mass is 10.0. The zero-order valence-corrected chi connectivity index (χ0v) is 14.1. The molecule has 1 saturated heterocycles. The van der Waals surface area contributed by atoms with E-state index in [4.69, 9.17) is 0 Å². The fourth-order valence-corrected chi connectivity index (χ4v) is 4.12. The van der Waals surface area contributed by atoms with E-state index in [-0.39, 0.29) is 5.91 Å². The molecule has 3 rings (SSSR count). The van der Waals surface area contributed by atoms with Crippen LogP contribution in [-0.4, -0.2) is 35.4 Å². The van der Waals surface area contributed by atoms with Crippen molar-refractivity contribution in [2.75, 3.05) is 24.6 Å². The summed E-state index contributed by atoms with van der Waals surface area (Å²) in [5.74, 6) is 2.40. The predicted molar refractivity (Wildman–Crippen MR) is 94.3 cm³/mol. The molecular weight excluding hydrogens is 381 g/mol. The van der Waals surface area contributed by atoms with Crippen molar-refractivity contribution >= 4 is 51.0 Å². The van der Waals surface area contributed by atoms with Gasteiger partial charge in [0.15, 0.2) is 0 Å². The Hall–Kier alpha value is -0.750. The fraction of sp³-hybridized carbons (Fsp3) is 0.312. The highest BCUT2D eigenvalue weighted by Gasteiger charge is 2.17. The van der Waals surface area contributed by atoms with Gasteiger partial charge in [-0.3, -0.25) is 4.79 Å².